The summed E-state index contributed by atoms with van der Waals surface area (Å²) >= 11 is 1.47. The lowest BCUT2D eigenvalue weighted by Crippen LogP contribution is -2.51. The van der Waals surface area contributed by atoms with Crippen molar-refractivity contribution in [2.24, 2.45) is 0 Å². The summed E-state index contributed by atoms with van der Waals surface area (Å²) in [4.78, 5) is 32.3. The zero-order valence-corrected chi connectivity index (χ0v) is 14.3. The molecule has 0 aliphatic carbocycles. The molecule has 6 nitrogen and oxygen atoms in total. The number of piperazine rings is 1. The fourth-order valence-electron chi connectivity index (χ4n) is 2.54. The van der Waals surface area contributed by atoms with Gasteiger partial charge in [0.1, 0.15) is 11.4 Å². The molecular formula is C17H19N3O3S. The van der Waals surface area contributed by atoms with Gasteiger partial charge in [-0.05, 0) is 19.1 Å². The number of carbonyl (C=O) groups is 2. The summed E-state index contributed by atoms with van der Waals surface area (Å²) in [6.07, 6.45) is 0. The van der Waals surface area contributed by atoms with Gasteiger partial charge in [-0.15, -0.1) is 11.3 Å². The maximum Gasteiger partial charge on any atom is 0.273 e. The van der Waals surface area contributed by atoms with E-state index in [4.69, 9.17) is 4.74 Å². The molecule has 7 heteroatoms. The van der Waals surface area contributed by atoms with E-state index in [9.17, 15) is 9.59 Å². The van der Waals surface area contributed by atoms with Gasteiger partial charge in [0.2, 0.25) is 0 Å². The SMILES string of the molecule is Cc1nc(C(=O)N2CCN(C(=O)COc3ccccc3)CC2)cs1. The second-order valence-corrected chi connectivity index (χ2v) is 6.59. The summed E-state index contributed by atoms with van der Waals surface area (Å²) in [6, 6.07) is 9.27. The molecule has 0 radical (unpaired) electrons. The van der Waals surface area contributed by atoms with Gasteiger partial charge in [0.05, 0.1) is 5.01 Å². The normalized spacial score (nSPS) is 14.5. The minimum Gasteiger partial charge on any atom is -0.484 e. The van der Waals surface area contributed by atoms with E-state index < -0.39 is 0 Å². The topological polar surface area (TPSA) is 62.7 Å². The molecule has 1 fully saturated rings. The average Bonchev–Trinajstić information content (AvgIpc) is 3.06. The number of aryl methyl sites for hydroxylation is 1. The van der Waals surface area contributed by atoms with Crippen molar-refractivity contribution in [2.45, 2.75) is 6.92 Å². The van der Waals surface area contributed by atoms with Crippen LogP contribution in [0.3, 0.4) is 0 Å². The molecule has 1 saturated heterocycles. The van der Waals surface area contributed by atoms with Crippen LogP contribution in [-0.4, -0.2) is 59.4 Å². The molecule has 1 aliphatic rings. The van der Waals surface area contributed by atoms with Crippen LogP contribution in [-0.2, 0) is 4.79 Å². The number of ether oxygens (including phenoxy) is 1. The van der Waals surface area contributed by atoms with Gasteiger partial charge in [-0.2, -0.15) is 0 Å². The number of aromatic nitrogens is 1. The van der Waals surface area contributed by atoms with E-state index in [0.29, 0.717) is 37.6 Å². The smallest absolute Gasteiger partial charge is 0.273 e. The summed E-state index contributed by atoms with van der Waals surface area (Å²) in [5.41, 5.74) is 0.490. The summed E-state index contributed by atoms with van der Waals surface area (Å²) in [5.74, 6) is 0.556. The van der Waals surface area contributed by atoms with E-state index in [1.807, 2.05) is 37.3 Å². The first-order valence-electron chi connectivity index (χ1n) is 7.80. The third-order valence-electron chi connectivity index (χ3n) is 3.86. The minimum absolute atomic E-state index is 0.0171. The van der Waals surface area contributed by atoms with Gasteiger partial charge >= 0.3 is 0 Å². The molecule has 1 aliphatic heterocycles. The van der Waals surface area contributed by atoms with Crippen molar-refractivity contribution in [3.63, 3.8) is 0 Å². The monoisotopic (exact) mass is 345 g/mol. The van der Waals surface area contributed by atoms with Crippen LogP contribution in [0.25, 0.3) is 0 Å². The van der Waals surface area contributed by atoms with Gasteiger partial charge in [0.15, 0.2) is 6.61 Å². The standard InChI is InChI=1S/C17H19N3O3S/c1-13-18-15(12-24-13)17(22)20-9-7-19(8-10-20)16(21)11-23-14-5-3-2-4-6-14/h2-6,12H,7-11H2,1H3. The number of thiazole rings is 1. The molecular weight excluding hydrogens is 326 g/mol. The summed E-state index contributed by atoms with van der Waals surface area (Å²) in [5, 5.41) is 2.66. The molecule has 0 N–H and O–H groups in total. The van der Waals surface area contributed by atoms with E-state index in [1.54, 1.807) is 15.2 Å². The summed E-state index contributed by atoms with van der Waals surface area (Å²) in [6.45, 7) is 3.98. The molecule has 0 spiro atoms. The van der Waals surface area contributed by atoms with Crippen LogP contribution in [0.2, 0.25) is 0 Å². The first-order chi connectivity index (χ1) is 11.6. The summed E-state index contributed by atoms with van der Waals surface area (Å²) in [7, 11) is 0. The maximum absolute atomic E-state index is 12.3. The number of carbonyl (C=O) groups excluding carboxylic acids is 2. The second-order valence-electron chi connectivity index (χ2n) is 5.53. The van der Waals surface area contributed by atoms with E-state index in [-0.39, 0.29) is 18.4 Å². The third-order valence-corrected chi connectivity index (χ3v) is 4.64. The molecule has 0 saturated carbocycles. The van der Waals surface area contributed by atoms with E-state index in [0.717, 1.165) is 5.01 Å². The largest absolute Gasteiger partial charge is 0.484 e. The number of rotatable bonds is 4. The third kappa shape index (κ3) is 3.91. The maximum atomic E-state index is 12.3. The Kier molecular flexibility index (Phi) is 5.10. The number of benzene rings is 1. The second kappa shape index (κ2) is 7.44. The zero-order valence-electron chi connectivity index (χ0n) is 13.5. The number of nitrogens with zero attached hydrogens (tertiary/aromatic N) is 3. The molecule has 24 heavy (non-hydrogen) atoms. The van der Waals surface area contributed by atoms with Crippen LogP contribution in [0.4, 0.5) is 0 Å². The molecule has 1 aromatic carbocycles. The summed E-state index contributed by atoms with van der Waals surface area (Å²) < 4.78 is 5.49. The van der Waals surface area contributed by atoms with Gasteiger partial charge in [-0.1, -0.05) is 18.2 Å². The quantitative estimate of drug-likeness (QED) is 0.848. The Morgan fingerprint density at radius 3 is 2.42 bits per heavy atom. The molecule has 2 heterocycles. The molecule has 0 bridgehead atoms. The Balaban J connectivity index is 1.47. The van der Waals surface area contributed by atoms with Gasteiger partial charge in [-0.3, -0.25) is 9.59 Å². The average molecular weight is 345 g/mol. The van der Waals surface area contributed by atoms with E-state index >= 15 is 0 Å². The van der Waals surface area contributed by atoms with Crippen molar-refractivity contribution in [3.8, 4) is 5.75 Å². The first-order valence-corrected chi connectivity index (χ1v) is 8.68. The van der Waals surface area contributed by atoms with Crippen LogP contribution >= 0.6 is 11.3 Å². The molecule has 126 valence electrons. The molecule has 2 amide bonds. The number of hydrogen-bond acceptors (Lipinski definition) is 5. The van der Waals surface area contributed by atoms with Crippen LogP contribution in [0.5, 0.6) is 5.75 Å². The Morgan fingerprint density at radius 1 is 1.12 bits per heavy atom. The van der Waals surface area contributed by atoms with Gasteiger partial charge < -0.3 is 14.5 Å². The van der Waals surface area contributed by atoms with Gasteiger partial charge in [-0.25, -0.2) is 4.98 Å². The Hall–Kier alpha value is -2.41. The number of amides is 2. The van der Waals surface area contributed by atoms with Crippen molar-refractivity contribution in [2.75, 3.05) is 32.8 Å². The van der Waals surface area contributed by atoms with E-state index in [2.05, 4.69) is 4.98 Å². The highest BCUT2D eigenvalue weighted by molar-refractivity contribution is 7.09. The highest BCUT2D eigenvalue weighted by Crippen LogP contribution is 2.13. The lowest BCUT2D eigenvalue weighted by Gasteiger charge is -2.34. The number of hydrogen-bond donors (Lipinski definition) is 0. The molecule has 1 aromatic heterocycles. The van der Waals surface area contributed by atoms with Crippen LogP contribution < -0.4 is 4.74 Å². The molecule has 0 atom stereocenters. The molecule has 0 unspecified atom stereocenters. The Bertz CT molecular complexity index is 709. The van der Waals surface area contributed by atoms with Crippen molar-refractivity contribution in [1.29, 1.82) is 0 Å². The van der Waals surface area contributed by atoms with Crippen molar-refractivity contribution >= 4 is 23.2 Å². The number of para-hydroxylation sites is 1. The van der Waals surface area contributed by atoms with Crippen molar-refractivity contribution in [1.82, 2.24) is 14.8 Å². The van der Waals surface area contributed by atoms with Crippen LogP contribution in [0.1, 0.15) is 15.5 Å². The van der Waals surface area contributed by atoms with Crippen molar-refractivity contribution < 1.29 is 14.3 Å². The fraction of sp³-hybridized carbons (Fsp3) is 0.353. The predicted octanol–water partition coefficient (Wildman–Crippen LogP) is 1.81. The van der Waals surface area contributed by atoms with Gasteiger partial charge in [0, 0.05) is 31.6 Å². The lowest BCUT2D eigenvalue weighted by atomic mass is 10.3. The lowest BCUT2D eigenvalue weighted by molar-refractivity contribution is -0.134. The van der Waals surface area contributed by atoms with E-state index in [1.165, 1.54) is 11.3 Å². The van der Waals surface area contributed by atoms with Crippen LogP contribution in [0.15, 0.2) is 35.7 Å². The molecule has 2 aromatic rings. The zero-order chi connectivity index (χ0) is 16.9. The fourth-order valence-corrected chi connectivity index (χ4v) is 3.12. The predicted molar refractivity (Wildman–Crippen MR) is 91.3 cm³/mol. The molecule has 3 rings (SSSR count). The highest BCUT2D eigenvalue weighted by atomic mass is 32.1. The van der Waals surface area contributed by atoms with Crippen LogP contribution in [0, 0.1) is 6.92 Å². The first kappa shape index (κ1) is 16.4. The Morgan fingerprint density at radius 2 is 1.79 bits per heavy atom. The van der Waals surface area contributed by atoms with Gasteiger partial charge in [0.25, 0.3) is 11.8 Å². The Labute approximate surface area is 144 Å². The van der Waals surface area contributed by atoms with Crippen molar-refractivity contribution in [3.05, 3.63) is 46.4 Å². The minimum atomic E-state index is -0.0630. The highest BCUT2D eigenvalue weighted by Gasteiger charge is 2.26.